The smallest absolute Gasteiger partial charge is 0.120 e. The van der Waals surface area contributed by atoms with Crippen LogP contribution in [0.25, 0.3) is 0 Å². The SMILES string of the molecule is CC1(c2ccc(O)c(CN3CCOCC3)c2)CCCCC1. The molecule has 0 spiro atoms. The van der Waals surface area contributed by atoms with E-state index in [1.165, 1.54) is 37.7 Å². The monoisotopic (exact) mass is 289 g/mol. The first kappa shape index (κ1) is 14.9. The van der Waals surface area contributed by atoms with Gasteiger partial charge in [0.25, 0.3) is 0 Å². The van der Waals surface area contributed by atoms with Gasteiger partial charge < -0.3 is 9.84 Å². The predicted octanol–water partition coefficient (Wildman–Crippen LogP) is 3.45. The molecule has 1 aliphatic heterocycles. The van der Waals surface area contributed by atoms with Crippen molar-refractivity contribution in [2.24, 2.45) is 0 Å². The zero-order chi connectivity index (χ0) is 14.7. The van der Waals surface area contributed by atoms with Crippen LogP contribution in [0.4, 0.5) is 0 Å². The first-order chi connectivity index (χ1) is 10.2. The summed E-state index contributed by atoms with van der Waals surface area (Å²) in [7, 11) is 0. The molecule has 1 N–H and O–H groups in total. The van der Waals surface area contributed by atoms with Gasteiger partial charge in [0.15, 0.2) is 0 Å². The molecule has 21 heavy (non-hydrogen) atoms. The zero-order valence-corrected chi connectivity index (χ0v) is 13.1. The molecule has 1 saturated carbocycles. The van der Waals surface area contributed by atoms with Crippen LogP contribution in [-0.4, -0.2) is 36.3 Å². The highest BCUT2D eigenvalue weighted by molar-refractivity contribution is 5.39. The summed E-state index contributed by atoms with van der Waals surface area (Å²) in [5.74, 6) is 0.435. The quantitative estimate of drug-likeness (QED) is 0.925. The third-order valence-corrected chi connectivity index (χ3v) is 5.23. The molecule has 116 valence electrons. The first-order valence-electron chi connectivity index (χ1n) is 8.30. The number of morpholine rings is 1. The molecule has 0 radical (unpaired) electrons. The van der Waals surface area contributed by atoms with Crippen LogP contribution >= 0.6 is 0 Å². The first-order valence-corrected chi connectivity index (χ1v) is 8.30. The Morgan fingerprint density at radius 1 is 1.14 bits per heavy atom. The lowest BCUT2D eigenvalue weighted by Gasteiger charge is -2.35. The normalized spacial score (nSPS) is 23.1. The molecule has 1 aliphatic carbocycles. The zero-order valence-electron chi connectivity index (χ0n) is 13.1. The van der Waals surface area contributed by atoms with Crippen LogP contribution in [0.2, 0.25) is 0 Å². The van der Waals surface area contributed by atoms with E-state index >= 15 is 0 Å². The Morgan fingerprint density at radius 2 is 1.86 bits per heavy atom. The van der Waals surface area contributed by atoms with Crippen molar-refractivity contribution < 1.29 is 9.84 Å². The van der Waals surface area contributed by atoms with E-state index in [0.29, 0.717) is 11.2 Å². The molecule has 1 aromatic rings. The molecule has 1 aromatic carbocycles. The molecule has 3 heteroatoms. The summed E-state index contributed by atoms with van der Waals surface area (Å²) in [4.78, 5) is 2.37. The number of ether oxygens (including phenoxy) is 1. The Bertz CT molecular complexity index is 474. The standard InChI is InChI=1S/C18H27NO2/c1-18(7-3-2-4-8-18)16-5-6-17(20)15(13-16)14-19-9-11-21-12-10-19/h5-6,13,20H,2-4,7-12,14H2,1H3. The van der Waals surface area contributed by atoms with Crippen molar-refractivity contribution in [2.75, 3.05) is 26.3 Å². The Kier molecular flexibility index (Phi) is 4.51. The van der Waals surface area contributed by atoms with Gasteiger partial charge in [-0.1, -0.05) is 38.3 Å². The maximum atomic E-state index is 10.2. The van der Waals surface area contributed by atoms with Gasteiger partial charge in [0, 0.05) is 25.2 Å². The van der Waals surface area contributed by atoms with Crippen molar-refractivity contribution in [1.82, 2.24) is 4.90 Å². The molecule has 3 nitrogen and oxygen atoms in total. The fraction of sp³-hybridized carbons (Fsp3) is 0.667. The van der Waals surface area contributed by atoms with Crippen LogP contribution < -0.4 is 0 Å². The number of nitrogens with zero attached hydrogens (tertiary/aromatic N) is 1. The number of phenols is 1. The van der Waals surface area contributed by atoms with E-state index in [4.69, 9.17) is 4.74 Å². The third-order valence-electron chi connectivity index (χ3n) is 5.23. The molecule has 0 bridgehead atoms. The Labute approximate surface area is 127 Å². The summed E-state index contributed by atoms with van der Waals surface area (Å²) in [6.45, 7) is 6.74. The summed E-state index contributed by atoms with van der Waals surface area (Å²) in [5, 5.41) is 10.2. The van der Waals surface area contributed by atoms with E-state index in [2.05, 4.69) is 24.0 Å². The number of hydrogen-bond donors (Lipinski definition) is 1. The molecule has 3 rings (SSSR count). The minimum absolute atomic E-state index is 0.297. The molecule has 0 atom stereocenters. The lowest BCUT2D eigenvalue weighted by Crippen LogP contribution is -2.35. The fourth-order valence-corrected chi connectivity index (χ4v) is 3.71. The topological polar surface area (TPSA) is 32.7 Å². The number of hydrogen-bond acceptors (Lipinski definition) is 3. The van der Waals surface area contributed by atoms with Crippen molar-refractivity contribution in [3.8, 4) is 5.75 Å². The lowest BCUT2D eigenvalue weighted by molar-refractivity contribution is 0.0338. The maximum Gasteiger partial charge on any atom is 0.120 e. The van der Waals surface area contributed by atoms with Crippen LogP contribution in [0.1, 0.15) is 50.2 Å². The molecule has 1 heterocycles. The highest BCUT2D eigenvalue weighted by atomic mass is 16.5. The number of rotatable bonds is 3. The second-order valence-electron chi connectivity index (χ2n) is 6.85. The van der Waals surface area contributed by atoms with E-state index in [9.17, 15) is 5.11 Å². The second-order valence-corrected chi connectivity index (χ2v) is 6.85. The van der Waals surface area contributed by atoms with Gasteiger partial charge in [-0.2, -0.15) is 0 Å². The Balaban J connectivity index is 1.78. The molecular weight excluding hydrogens is 262 g/mol. The van der Waals surface area contributed by atoms with Crippen molar-refractivity contribution in [3.63, 3.8) is 0 Å². The summed E-state index contributed by atoms with van der Waals surface area (Å²) in [5.41, 5.74) is 2.77. The average molecular weight is 289 g/mol. The highest BCUT2D eigenvalue weighted by Gasteiger charge is 2.29. The number of phenolic OH excluding ortho intramolecular Hbond substituents is 1. The number of benzene rings is 1. The molecule has 2 aliphatic rings. The summed E-state index contributed by atoms with van der Waals surface area (Å²) < 4.78 is 5.40. The van der Waals surface area contributed by atoms with Gasteiger partial charge in [0.1, 0.15) is 5.75 Å². The fourth-order valence-electron chi connectivity index (χ4n) is 3.71. The summed E-state index contributed by atoms with van der Waals surface area (Å²) >= 11 is 0. The van der Waals surface area contributed by atoms with E-state index in [0.717, 1.165) is 38.4 Å². The molecule has 2 fully saturated rings. The van der Waals surface area contributed by atoms with Gasteiger partial charge >= 0.3 is 0 Å². The summed E-state index contributed by atoms with van der Waals surface area (Å²) in [6.07, 6.45) is 6.57. The van der Waals surface area contributed by atoms with Crippen molar-refractivity contribution in [3.05, 3.63) is 29.3 Å². The van der Waals surface area contributed by atoms with Crippen LogP contribution in [-0.2, 0) is 16.7 Å². The number of aromatic hydroxyl groups is 1. The highest BCUT2D eigenvalue weighted by Crippen LogP contribution is 2.40. The summed E-state index contributed by atoms with van der Waals surface area (Å²) in [6, 6.07) is 6.27. The van der Waals surface area contributed by atoms with Gasteiger partial charge in [0.2, 0.25) is 0 Å². The minimum Gasteiger partial charge on any atom is -0.508 e. The second kappa shape index (κ2) is 6.37. The van der Waals surface area contributed by atoms with E-state index in [1.54, 1.807) is 0 Å². The van der Waals surface area contributed by atoms with E-state index in [-0.39, 0.29) is 0 Å². The van der Waals surface area contributed by atoms with Crippen LogP contribution in [0, 0.1) is 0 Å². The molecular formula is C18H27NO2. The Hall–Kier alpha value is -1.06. The van der Waals surface area contributed by atoms with Gasteiger partial charge in [-0.05, 0) is 29.9 Å². The molecule has 0 aromatic heterocycles. The van der Waals surface area contributed by atoms with Crippen molar-refractivity contribution >= 4 is 0 Å². The maximum absolute atomic E-state index is 10.2. The van der Waals surface area contributed by atoms with Crippen LogP contribution in [0.15, 0.2) is 18.2 Å². The van der Waals surface area contributed by atoms with Gasteiger partial charge in [-0.25, -0.2) is 0 Å². The molecule has 0 unspecified atom stereocenters. The Morgan fingerprint density at radius 3 is 2.57 bits per heavy atom. The minimum atomic E-state index is 0.297. The largest absolute Gasteiger partial charge is 0.508 e. The van der Waals surface area contributed by atoms with Gasteiger partial charge in [-0.15, -0.1) is 0 Å². The van der Waals surface area contributed by atoms with Gasteiger partial charge in [0.05, 0.1) is 13.2 Å². The van der Waals surface area contributed by atoms with Crippen molar-refractivity contribution in [1.29, 1.82) is 0 Å². The van der Waals surface area contributed by atoms with Crippen molar-refractivity contribution in [2.45, 2.75) is 51.0 Å². The van der Waals surface area contributed by atoms with E-state index in [1.807, 2.05) is 6.07 Å². The lowest BCUT2D eigenvalue weighted by atomic mass is 9.71. The van der Waals surface area contributed by atoms with E-state index < -0.39 is 0 Å². The molecule has 0 amide bonds. The molecule has 1 saturated heterocycles. The third kappa shape index (κ3) is 3.41. The average Bonchev–Trinajstić information content (AvgIpc) is 2.51. The predicted molar refractivity (Wildman–Crippen MR) is 84.6 cm³/mol. The van der Waals surface area contributed by atoms with Crippen LogP contribution in [0.5, 0.6) is 5.75 Å². The van der Waals surface area contributed by atoms with Gasteiger partial charge in [-0.3, -0.25) is 4.90 Å². The van der Waals surface area contributed by atoms with Crippen LogP contribution in [0.3, 0.4) is 0 Å².